The van der Waals surface area contributed by atoms with E-state index in [1.165, 1.54) is 0 Å². The number of piperidine rings is 2. The van der Waals surface area contributed by atoms with Gasteiger partial charge in [0.15, 0.2) is 0 Å². The van der Waals surface area contributed by atoms with Gasteiger partial charge in [0.05, 0.1) is 20.6 Å². The first-order valence-electron chi connectivity index (χ1n) is 5.39. The minimum atomic E-state index is -4.28. The van der Waals surface area contributed by atoms with Crippen LogP contribution in [0.15, 0.2) is 0 Å². The van der Waals surface area contributed by atoms with Crippen LogP contribution in [0.4, 0.5) is 0 Å². The molecule has 2 heterocycles. The standard InChI is InChI=1S/C9H16ClNO4/c12-10(13,14)15-9-5-3-7-11-6-2-1-4-8(9)11/h8-9H,1-7H2. The zero-order valence-electron chi connectivity index (χ0n) is 8.56. The Bertz CT molecular complexity index is 219. The molecule has 2 aliphatic heterocycles. The molecule has 2 rings (SSSR count). The van der Waals surface area contributed by atoms with E-state index >= 15 is 0 Å². The second-order valence-electron chi connectivity index (χ2n) is 4.25. The summed E-state index contributed by atoms with van der Waals surface area (Å²) >= 11 is 0. The monoisotopic (exact) mass is 237 g/mol. The SMILES string of the molecule is [O-][Cl+3]([O-])([O-])OC1CCCN2CCCCC12. The van der Waals surface area contributed by atoms with Crippen LogP contribution in [0.3, 0.4) is 0 Å². The van der Waals surface area contributed by atoms with Crippen molar-refractivity contribution in [2.24, 2.45) is 0 Å². The maximum absolute atomic E-state index is 10.5. The predicted molar refractivity (Wildman–Crippen MR) is 43.3 cm³/mol. The van der Waals surface area contributed by atoms with E-state index in [-0.39, 0.29) is 6.04 Å². The second-order valence-corrected chi connectivity index (χ2v) is 5.18. The number of hydrogen-bond acceptors (Lipinski definition) is 5. The predicted octanol–water partition coefficient (Wildman–Crippen LogP) is -2.08. The van der Waals surface area contributed by atoms with Crippen LogP contribution in [0.5, 0.6) is 0 Å². The molecule has 15 heavy (non-hydrogen) atoms. The molecule has 0 spiro atoms. The molecule has 2 atom stereocenters. The molecule has 2 aliphatic rings. The van der Waals surface area contributed by atoms with Gasteiger partial charge in [0.2, 0.25) is 6.10 Å². The molecule has 88 valence electrons. The highest BCUT2D eigenvalue weighted by Crippen LogP contribution is 2.29. The Kier molecular flexibility index (Phi) is 3.49. The molecule has 0 saturated carbocycles. The van der Waals surface area contributed by atoms with Gasteiger partial charge in [-0.3, -0.25) is 4.90 Å². The fraction of sp³-hybridized carbons (Fsp3) is 1.00. The minimum absolute atomic E-state index is 0.128. The second kappa shape index (κ2) is 4.53. The van der Waals surface area contributed by atoms with Gasteiger partial charge in [0.1, 0.15) is 0 Å². The molecular weight excluding hydrogens is 222 g/mol. The van der Waals surface area contributed by atoms with E-state index in [0.29, 0.717) is 6.42 Å². The number of rotatable bonds is 2. The molecule has 0 bridgehead atoms. The van der Waals surface area contributed by atoms with Crippen molar-refractivity contribution in [1.82, 2.24) is 4.90 Å². The number of hydrogen-bond donors (Lipinski definition) is 0. The topological polar surface area (TPSA) is 81.6 Å². The summed E-state index contributed by atoms with van der Waals surface area (Å²) in [6.07, 6.45) is 4.35. The Morgan fingerprint density at radius 1 is 1.00 bits per heavy atom. The number of fused-ring (bicyclic) bond motifs is 1. The molecule has 0 amide bonds. The molecule has 0 radical (unpaired) electrons. The van der Waals surface area contributed by atoms with Crippen LogP contribution in [0.2, 0.25) is 0 Å². The van der Waals surface area contributed by atoms with Gasteiger partial charge in [0.25, 0.3) is 0 Å². The first-order valence-corrected chi connectivity index (χ1v) is 6.63. The van der Waals surface area contributed by atoms with Crippen LogP contribution < -0.4 is 14.0 Å². The van der Waals surface area contributed by atoms with Crippen molar-refractivity contribution in [3.63, 3.8) is 0 Å². The van der Waals surface area contributed by atoms with E-state index < -0.39 is 16.3 Å². The van der Waals surface area contributed by atoms with Crippen LogP contribution in [-0.4, -0.2) is 30.1 Å². The Morgan fingerprint density at radius 2 is 1.73 bits per heavy atom. The fourth-order valence-corrected chi connectivity index (χ4v) is 3.14. The van der Waals surface area contributed by atoms with Gasteiger partial charge in [-0.05, 0) is 38.8 Å². The number of nitrogens with zero attached hydrogens (tertiary/aromatic N) is 1. The van der Waals surface area contributed by atoms with Crippen molar-refractivity contribution < 1.29 is 28.5 Å². The van der Waals surface area contributed by atoms with Crippen LogP contribution in [0.1, 0.15) is 32.1 Å². The van der Waals surface area contributed by atoms with E-state index in [0.717, 1.165) is 38.8 Å². The zero-order chi connectivity index (χ0) is 10.9. The van der Waals surface area contributed by atoms with E-state index in [1.54, 1.807) is 0 Å². The Balaban J connectivity index is 1.97. The summed E-state index contributed by atoms with van der Waals surface area (Å²) in [5.41, 5.74) is 0. The normalized spacial score (nSPS) is 33.8. The first-order chi connectivity index (χ1) is 7.06. The molecule has 0 aromatic heterocycles. The van der Waals surface area contributed by atoms with Gasteiger partial charge in [-0.1, -0.05) is 6.42 Å². The van der Waals surface area contributed by atoms with Gasteiger partial charge in [-0.15, -0.1) is 0 Å². The summed E-state index contributed by atoms with van der Waals surface area (Å²) in [5.74, 6) is 0. The molecule has 2 fully saturated rings. The maximum atomic E-state index is 10.5. The average Bonchev–Trinajstić information content (AvgIpc) is 2.16. The van der Waals surface area contributed by atoms with Crippen molar-refractivity contribution in [1.29, 1.82) is 0 Å². The lowest BCUT2D eigenvalue weighted by Gasteiger charge is -2.41. The summed E-state index contributed by atoms with van der Waals surface area (Å²) < 4.78 is 36.2. The fourth-order valence-electron chi connectivity index (χ4n) is 2.65. The Hall–Kier alpha value is 0.0900. The lowest BCUT2D eigenvalue weighted by Crippen LogP contribution is -2.65. The van der Waals surface area contributed by atoms with Crippen molar-refractivity contribution in [3.05, 3.63) is 0 Å². The largest absolute Gasteiger partial charge is 0.297 e. The molecule has 2 saturated heterocycles. The Labute approximate surface area is 91.4 Å². The van der Waals surface area contributed by atoms with Crippen molar-refractivity contribution in [2.75, 3.05) is 13.1 Å². The molecule has 0 aromatic carbocycles. The van der Waals surface area contributed by atoms with E-state index in [9.17, 15) is 14.0 Å². The highest BCUT2D eigenvalue weighted by molar-refractivity contribution is 4.87. The molecule has 0 aromatic rings. The lowest BCUT2D eigenvalue weighted by atomic mass is 9.91. The van der Waals surface area contributed by atoms with Crippen molar-refractivity contribution in [3.8, 4) is 0 Å². The van der Waals surface area contributed by atoms with Crippen LogP contribution >= 0.6 is 0 Å². The smallest absolute Gasteiger partial charge is 0.229 e. The first kappa shape index (κ1) is 11.6. The van der Waals surface area contributed by atoms with Gasteiger partial charge in [-0.25, -0.2) is 0 Å². The summed E-state index contributed by atoms with van der Waals surface area (Å²) in [4.78, 5) is 2.25. The molecule has 6 heteroatoms. The summed E-state index contributed by atoms with van der Waals surface area (Å²) in [7, 11) is -4.28. The van der Waals surface area contributed by atoms with Gasteiger partial charge < -0.3 is 0 Å². The van der Waals surface area contributed by atoms with Crippen molar-refractivity contribution in [2.45, 2.75) is 44.2 Å². The summed E-state index contributed by atoms with van der Waals surface area (Å²) in [6.45, 7) is 2.00. The minimum Gasteiger partial charge on any atom is -0.297 e. The van der Waals surface area contributed by atoms with E-state index in [4.69, 9.17) is 0 Å². The third-order valence-corrected chi connectivity index (χ3v) is 3.70. The molecule has 0 N–H and O–H groups in total. The summed E-state index contributed by atoms with van der Waals surface area (Å²) in [5, 5.41) is 0. The number of halogens is 1. The van der Waals surface area contributed by atoms with Crippen LogP contribution in [0.25, 0.3) is 0 Å². The summed E-state index contributed by atoms with van der Waals surface area (Å²) in [6, 6.07) is 0.128. The zero-order valence-corrected chi connectivity index (χ0v) is 9.32. The van der Waals surface area contributed by atoms with Gasteiger partial charge in [0, 0.05) is 0 Å². The lowest BCUT2D eigenvalue weighted by molar-refractivity contribution is -1.92. The molecular formula is C9H16ClNO4. The average molecular weight is 238 g/mol. The Morgan fingerprint density at radius 3 is 2.47 bits per heavy atom. The van der Waals surface area contributed by atoms with E-state index in [1.807, 2.05) is 0 Å². The third-order valence-electron chi connectivity index (χ3n) is 3.25. The molecule has 0 aliphatic carbocycles. The maximum Gasteiger partial charge on any atom is 0.229 e. The third kappa shape index (κ3) is 3.03. The molecule has 5 nitrogen and oxygen atoms in total. The van der Waals surface area contributed by atoms with E-state index in [2.05, 4.69) is 9.19 Å². The quantitative estimate of drug-likeness (QED) is 0.551. The van der Waals surface area contributed by atoms with Gasteiger partial charge >= 0.3 is 0 Å². The highest BCUT2D eigenvalue weighted by Gasteiger charge is 2.42. The van der Waals surface area contributed by atoms with Crippen LogP contribution in [-0.2, 0) is 4.29 Å². The van der Waals surface area contributed by atoms with Crippen molar-refractivity contribution >= 4 is 0 Å². The van der Waals surface area contributed by atoms with Crippen LogP contribution in [0, 0.1) is 10.2 Å². The van der Waals surface area contributed by atoms with Gasteiger partial charge in [-0.2, -0.15) is 14.0 Å². The molecule has 2 unspecified atom stereocenters. The highest BCUT2D eigenvalue weighted by atomic mass is 35.7.